The number of hydrogen-bond donors (Lipinski definition) is 0. The van der Waals surface area contributed by atoms with Gasteiger partial charge in [0.25, 0.3) is 5.91 Å². The molecule has 1 aromatic heterocycles. The minimum absolute atomic E-state index is 0.358. The first-order valence-corrected chi connectivity index (χ1v) is 10.5. The Morgan fingerprint density at radius 1 is 1.06 bits per heavy atom. The minimum Gasteiger partial charge on any atom is -0.493 e. The molecule has 0 aliphatic rings. The topological polar surface area (TPSA) is 71.3 Å². The number of aryl methyl sites for hydroxylation is 1. The van der Waals surface area contributed by atoms with E-state index in [1.807, 2.05) is 23.6 Å². The Hall–Kier alpha value is -3.10. The third-order valence-corrected chi connectivity index (χ3v) is 5.71. The smallest absolute Gasteiger partial charge is 0.272 e. The number of fused-ring (bicyclic) bond motifs is 1. The van der Waals surface area contributed by atoms with Gasteiger partial charge >= 0.3 is 0 Å². The van der Waals surface area contributed by atoms with Crippen LogP contribution in [0.4, 0.5) is 0 Å². The molecule has 0 N–H and O–H groups in total. The zero-order valence-electron chi connectivity index (χ0n) is 18.3. The molecule has 0 saturated carbocycles. The first-order chi connectivity index (χ1) is 15.0. The molecule has 164 valence electrons. The zero-order valence-corrected chi connectivity index (χ0v) is 19.1. The molecule has 2 aromatic carbocycles. The fraction of sp³-hybridized carbons (Fsp3) is 0.304. The van der Waals surface area contributed by atoms with E-state index in [0.717, 1.165) is 21.3 Å². The number of carbonyl (C=O) groups is 1. The number of amides is 1. The summed E-state index contributed by atoms with van der Waals surface area (Å²) in [6, 6.07) is 9.73. The average Bonchev–Trinajstić information content (AvgIpc) is 3.10. The van der Waals surface area contributed by atoms with E-state index in [2.05, 4.69) is 11.1 Å². The van der Waals surface area contributed by atoms with Gasteiger partial charge in [0.15, 0.2) is 16.3 Å². The average molecular weight is 443 g/mol. The Kier molecular flexibility index (Phi) is 7.49. The fourth-order valence-corrected chi connectivity index (χ4v) is 4.32. The highest BCUT2D eigenvalue weighted by Crippen LogP contribution is 2.38. The lowest BCUT2D eigenvalue weighted by molar-refractivity contribution is -0.113. The third-order valence-electron chi connectivity index (χ3n) is 4.67. The summed E-state index contributed by atoms with van der Waals surface area (Å²) in [4.78, 5) is 17.6. The van der Waals surface area contributed by atoms with Crippen LogP contribution in [-0.2, 0) is 16.1 Å². The van der Waals surface area contributed by atoms with Gasteiger partial charge in [-0.3, -0.25) is 4.79 Å². The first-order valence-electron chi connectivity index (χ1n) is 9.66. The zero-order chi connectivity index (χ0) is 22.4. The van der Waals surface area contributed by atoms with E-state index in [1.165, 1.54) is 17.4 Å². The van der Waals surface area contributed by atoms with E-state index >= 15 is 0 Å². The molecule has 0 unspecified atom stereocenters. The van der Waals surface area contributed by atoms with Gasteiger partial charge in [-0.15, -0.1) is 0 Å². The van der Waals surface area contributed by atoms with E-state index in [9.17, 15) is 4.79 Å². The quantitative estimate of drug-likeness (QED) is 0.496. The van der Waals surface area contributed by atoms with Crippen LogP contribution < -0.4 is 19.0 Å². The summed E-state index contributed by atoms with van der Waals surface area (Å²) in [5.74, 6) is 1.17. The number of methoxy groups -OCH3 is 4. The Labute approximate surface area is 185 Å². The molecule has 7 nitrogen and oxygen atoms in total. The second-order valence-electron chi connectivity index (χ2n) is 6.74. The maximum Gasteiger partial charge on any atom is 0.272 e. The standard InChI is InChI=1S/C23H26N2O5S/c1-15-6-8-17-20(12-15)31-23(25(17)10-11-27-2)24-21(26)9-7-16-13-18(28-3)22(30-5)19(14-16)29-4/h6-9,12-14H,10-11H2,1-5H3. The van der Waals surface area contributed by atoms with Crippen molar-refractivity contribution < 1.29 is 23.7 Å². The van der Waals surface area contributed by atoms with E-state index in [0.29, 0.717) is 35.2 Å². The van der Waals surface area contributed by atoms with Crippen LogP contribution in [0.5, 0.6) is 17.2 Å². The van der Waals surface area contributed by atoms with Crippen LogP contribution in [0.25, 0.3) is 16.3 Å². The van der Waals surface area contributed by atoms with Crippen molar-refractivity contribution in [3.8, 4) is 17.2 Å². The molecular weight excluding hydrogens is 416 g/mol. The molecule has 0 radical (unpaired) electrons. The molecule has 0 bridgehead atoms. The molecule has 3 aromatic rings. The Morgan fingerprint density at radius 3 is 2.39 bits per heavy atom. The highest BCUT2D eigenvalue weighted by atomic mass is 32.1. The molecule has 0 aliphatic heterocycles. The van der Waals surface area contributed by atoms with Crippen molar-refractivity contribution in [3.63, 3.8) is 0 Å². The van der Waals surface area contributed by atoms with Crippen LogP contribution in [0.3, 0.4) is 0 Å². The van der Waals surface area contributed by atoms with Gasteiger partial charge in [0, 0.05) is 19.7 Å². The molecule has 1 amide bonds. The highest BCUT2D eigenvalue weighted by Gasteiger charge is 2.12. The van der Waals surface area contributed by atoms with Crippen molar-refractivity contribution in [1.82, 2.24) is 4.57 Å². The summed E-state index contributed by atoms with van der Waals surface area (Å²) in [6.07, 6.45) is 3.10. The number of rotatable bonds is 8. The number of nitrogens with zero attached hydrogens (tertiary/aromatic N) is 2. The van der Waals surface area contributed by atoms with Gasteiger partial charge in [-0.25, -0.2) is 0 Å². The molecule has 0 atom stereocenters. The summed E-state index contributed by atoms with van der Waals surface area (Å²) < 4.78 is 24.4. The van der Waals surface area contributed by atoms with Gasteiger partial charge in [-0.05, 0) is 48.4 Å². The van der Waals surface area contributed by atoms with Crippen molar-refractivity contribution in [1.29, 1.82) is 0 Å². The largest absolute Gasteiger partial charge is 0.493 e. The van der Waals surface area contributed by atoms with Crippen LogP contribution in [0, 0.1) is 6.92 Å². The van der Waals surface area contributed by atoms with Crippen molar-refractivity contribution in [2.45, 2.75) is 13.5 Å². The van der Waals surface area contributed by atoms with Crippen LogP contribution in [0.15, 0.2) is 41.4 Å². The van der Waals surface area contributed by atoms with Crippen LogP contribution in [-0.4, -0.2) is 45.5 Å². The van der Waals surface area contributed by atoms with Crippen LogP contribution in [0.2, 0.25) is 0 Å². The number of aromatic nitrogens is 1. The Morgan fingerprint density at radius 2 is 1.77 bits per heavy atom. The number of benzene rings is 2. The van der Waals surface area contributed by atoms with E-state index < -0.39 is 0 Å². The van der Waals surface area contributed by atoms with Crippen molar-refractivity contribution >= 4 is 33.5 Å². The molecule has 1 heterocycles. The van der Waals surface area contributed by atoms with Crippen LogP contribution in [0.1, 0.15) is 11.1 Å². The van der Waals surface area contributed by atoms with Gasteiger partial charge in [-0.1, -0.05) is 17.4 Å². The first kappa shape index (κ1) is 22.6. The van der Waals surface area contributed by atoms with Crippen molar-refractivity contribution in [3.05, 3.63) is 52.3 Å². The Bertz CT molecular complexity index is 1150. The third kappa shape index (κ3) is 5.15. The Balaban J connectivity index is 1.95. The normalized spacial score (nSPS) is 12.0. The lowest BCUT2D eigenvalue weighted by Gasteiger charge is -2.12. The number of ether oxygens (including phenoxy) is 4. The van der Waals surface area contributed by atoms with Gasteiger partial charge in [0.2, 0.25) is 5.75 Å². The summed E-state index contributed by atoms with van der Waals surface area (Å²) in [5.41, 5.74) is 2.93. The van der Waals surface area contributed by atoms with Crippen molar-refractivity contribution in [2.75, 3.05) is 35.0 Å². The van der Waals surface area contributed by atoms with Crippen LogP contribution >= 0.6 is 11.3 Å². The highest BCUT2D eigenvalue weighted by molar-refractivity contribution is 7.16. The van der Waals surface area contributed by atoms with Gasteiger partial charge in [-0.2, -0.15) is 4.99 Å². The summed E-state index contributed by atoms with van der Waals surface area (Å²) >= 11 is 1.49. The van der Waals surface area contributed by atoms with Gasteiger partial charge in [0.1, 0.15) is 0 Å². The lowest BCUT2D eigenvalue weighted by atomic mass is 10.1. The predicted octanol–water partition coefficient (Wildman–Crippen LogP) is 3.82. The second kappa shape index (κ2) is 10.3. The number of hydrogen-bond acceptors (Lipinski definition) is 6. The molecule has 0 spiro atoms. The minimum atomic E-state index is -0.358. The van der Waals surface area contributed by atoms with E-state index in [-0.39, 0.29) is 5.91 Å². The maximum atomic E-state index is 12.6. The molecule has 0 saturated heterocycles. The monoisotopic (exact) mass is 442 g/mol. The molecular formula is C23H26N2O5S. The van der Waals surface area contributed by atoms with Gasteiger partial charge < -0.3 is 23.5 Å². The number of carbonyl (C=O) groups excluding carboxylic acids is 1. The SMILES string of the molecule is COCCn1c(=NC(=O)C=Cc2cc(OC)c(OC)c(OC)c2)sc2cc(C)ccc21. The van der Waals surface area contributed by atoms with Gasteiger partial charge in [0.05, 0.1) is 38.2 Å². The predicted molar refractivity (Wildman–Crippen MR) is 122 cm³/mol. The lowest BCUT2D eigenvalue weighted by Crippen LogP contribution is -2.18. The summed E-state index contributed by atoms with van der Waals surface area (Å²) in [5, 5.41) is 0. The fourth-order valence-electron chi connectivity index (χ4n) is 3.16. The number of thiazole rings is 1. The maximum absolute atomic E-state index is 12.6. The molecule has 3 rings (SSSR count). The molecule has 0 fully saturated rings. The molecule has 31 heavy (non-hydrogen) atoms. The van der Waals surface area contributed by atoms with E-state index in [4.69, 9.17) is 18.9 Å². The van der Waals surface area contributed by atoms with E-state index in [1.54, 1.807) is 46.6 Å². The summed E-state index contributed by atoms with van der Waals surface area (Å²) in [6.45, 7) is 3.19. The summed E-state index contributed by atoms with van der Waals surface area (Å²) in [7, 11) is 6.30. The van der Waals surface area contributed by atoms with Crippen molar-refractivity contribution in [2.24, 2.45) is 4.99 Å². The molecule has 8 heteroatoms. The molecule has 0 aliphatic carbocycles. The second-order valence-corrected chi connectivity index (χ2v) is 7.75.